The third-order valence-electron chi connectivity index (χ3n) is 2.90. The average Bonchev–Trinajstić information content (AvgIpc) is 3.05. The summed E-state index contributed by atoms with van der Waals surface area (Å²) in [6, 6.07) is 5.30. The molecule has 1 aliphatic rings. The maximum Gasteiger partial charge on any atom is 0.163 e. The molecule has 1 saturated carbocycles. The van der Waals surface area contributed by atoms with Crippen molar-refractivity contribution in [3.8, 4) is 11.3 Å². The van der Waals surface area contributed by atoms with Crippen LogP contribution in [0.3, 0.4) is 0 Å². The van der Waals surface area contributed by atoms with E-state index in [9.17, 15) is 0 Å². The van der Waals surface area contributed by atoms with Crippen molar-refractivity contribution in [3.63, 3.8) is 0 Å². The van der Waals surface area contributed by atoms with Crippen LogP contribution in [0, 0.1) is 0 Å². The number of aromatic nitrogens is 1. The number of hydrogen-bond acceptors (Lipinski definition) is 3. The lowest BCUT2D eigenvalue weighted by Gasteiger charge is -2.03. The molecule has 2 N–H and O–H groups in total. The highest BCUT2D eigenvalue weighted by Gasteiger charge is 2.32. The Morgan fingerprint density at radius 2 is 1.88 bits per heavy atom. The van der Waals surface area contributed by atoms with Gasteiger partial charge in [-0.15, -0.1) is 0 Å². The minimum Gasteiger partial charge on any atom is -0.394 e. The molecular formula is C12H10Cl2N2O. The topological polar surface area (TPSA) is 52.0 Å². The van der Waals surface area contributed by atoms with Gasteiger partial charge in [0.15, 0.2) is 5.76 Å². The van der Waals surface area contributed by atoms with Crippen LogP contribution < -0.4 is 5.73 Å². The molecule has 0 unspecified atom stereocenters. The maximum absolute atomic E-state index is 6.12. The fraction of sp³-hybridized carbons (Fsp3) is 0.250. The predicted octanol–water partition coefficient (Wildman–Crippen LogP) is 4.11. The average molecular weight is 269 g/mol. The SMILES string of the molecule is Nc1c(-c2c(Cl)cccc2Cl)noc1C1CC1. The maximum atomic E-state index is 6.12. The van der Waals surface area contributed by atoms with Gasteiger partial charge in [0.1, 0.15) is 11.4 Å². The van der Waals surface area contributed by atoms with Crippen molar-refractivity contribution in [2.45, 2.75) is 18.8 Å². The highest BCUT2D eigenvalue weighted by atomic mass is 35.5. The molecule has 1 heterocycles. The molecule has 0 spiro atoms. The van der Waals surface area contributed by atoms with Gasteiger partial charge in [-0.1, -0.05) is 34.4 Å². The minimum atomic E-state index is 0.414. The number of anilines is 1. The summed E-state index contributed by atoms with van der Waals surface area (Å²) >= 11 is 12.2. The number of halogens is 2. The van der Waals surface area contributed by atoms with Crippen molar-refractivity contribution in [1.82, 2.24) is 5.16 Å². The number of benzene rings is 1. The van der Waals surface area contributed by atoms with Crippen LogP contribution in [0.25, 0.3) is 11.3 Å². The molecule has 0 radical (unpaired) electrons. The zero-order valence-electron chi connectivity index (χ0n) is 8.91. The molecule has 0 bridgehead atoms. The minimum absolute atomic E-state index is 0.414. The second-order valence-electron chi connectivity index (χ2n) is 4.18. The Kier molecular flexibility index (Phi) is 2.53. The Morgan fingerprint density at radius 1 is 1.24 bits per heavy atom. The molecule has 5 heteroatoms. The molecule has 0 atom stereocenters. The molecule has 1 aromatic heterocycles. The Bertz CT molecular complexity index is 556. The lowest BCUT2D eigenvalue weighted by Crippen LogP contribution is -1.91. The number of nitrogens with two attached hydrogens (primary N) is 1. The van der Waals surface area contributed by atoms with E-state index >= 15 is 0 Å². The molecule has 0 saturated heterocycles. The molecule has 1 fully saturated rings. The van der Waals surface area contributed by atoms with Crippen molar-refractivity contribution in [3.05, 3.63) is 34.0 Å². The smallest absolute Gasteiger partial charge is 0.163 e. The third kappa shape index (κ3) is 1.79. The van der Waals surface area contributed by atoms with E-state index in [2.05, 4.69) is 5.16 Å². The summed E-state index contributed by atoms with van der Waals surface area (Å²) in [6.07, 6.45) is 2.21. The second kappa shape index (κ2) is 3.93. The van der Waals surface area contributed by atoms with Gasteiger partial charge in [0.05, 0.1) is 10.0 Å². The Hall–Kier alpha value is -1.19. The lowest BCUT2D eigenvalue weighted by molar-refractivity contribution is 0.387. The van der Waals surface area contributed by atoms with Gasteiger partial charge in [0.25, 0.3) is 0 Å². The molecular weight excluding hydrogens is 259 g/mol. The van der Waals surface area contributed by atoms with Crippen molar-refractivity contribution in [2.75, 3.05) is 5.73 Å². The second-order valence-corrected chi connectivity index (χ2v) is 4.99. The first kappa shape index (κ1) is 10.9. The molecule has 0 amide bonds. The summed E-state index contributed by atoms with van der Waals surface area (Å²) < 4.78 is 5.29. The number of nitrogens with zero attached hydrogens (tertiary/aromatic N) is 1. The summed E-state index contributed by atoms with van der Waals surface area (Å²) in [6.45, 7) is 0. The fourth-order valence-electron chi connectivity index (χ4n) is 1.85. The standard InChI is InChI=1S/C12H10Cl2N2O/c13-7-2-1-3-8(14)9(7)11-10(15)12(17-16-11)6-4-5-6/h1-3,6H,4-5,15H2. The van der Waals surface area contributed by atoms with E-state index in [1.807, 2.05) is 0 Å². The summed E-state index contributed by atoms with van der Waals surface area (Å²) in [5, 5.41) is 5.06. The first-order valence-corrected chi connectivity index (χ1v) is 6.13. The van der Waals surface area contributed by atoms with E-state index in [4.69, 9.17) is 33.5 Å². The van der Waals surface area contributed by atoms with E-state index in [-0.39, 0.29) is 0 Å². The first-order chi connectivity index (χ1) is 8.18. The van der Waals surface area contributed by atoms with Crippen LogP contribution in [0.2, 0.25) is 10.0 Å². The van der Waals surface area contributed by atoms with Crippen LogP contribution in [0.1, 0.15) is 24.5 Å². The molecule has 3 rings (SSSR count). The van der Waals surface area contributed by atoms with E-state index in [0.29, 0.717) is 32.9 Å². The summed E-state index contributed by atoms with van der Waals surface area (Å²) in [7, 11) is 0. The Balaban J connectivity index is 2.15. The van der Waals surface area contributed by atoms with Crippen LogP contribution in [0.5, 0.6) is 0 Å². The quantitative estimate of drug-likeness (QED) is 0.892. The number of rotatable bonds is 2. The van der Waals surface area contributed by atoms with E-state index in [1.165, 1.54) is 0 Å². The van der Waals surface area contributed by atoms with E-state index in [1.54, 1.807) is 18.2 Å². The Morgan fingerprint density at radius 3 is 2.47 bits per heavy atom. The van der Waals surface area contributed by atoms with Crippen LogP contribution in [0.15, 0.2) is 22.7 Å². The van der Waals surface area contributed by atoms with Gasteiger partial charge >= 0.3 is 0 Å². The van der Waals surface area contributed by atoms with Crippen molar-refractivity contribution in [2.24, 2.45) is 0 Å². The highest BCUT2D eigenvalue weighted by molar-refractivity contribution is 6.39. The monoisotopic (exact) mass is 268 g/mol. The normalized spacial score (nSPS) is 15.2. The van der Waals surface area contributed by atoms with E-state index in [0.717, 1.165) is 18.6 Å². The van der Waals surface area contributed by atoms with Crippen molar-refractivity contribution in [1.29, 1.82) is 0 Å². The molecule has 0 aliphatic heterocycles. The zero-order valence-corrected chi connectivity index (χ0v) is 10.4. The van der Waals surface area contributed by atoms with Gasteiger partial charge in [-0.05, 0) is 25.0 Å². The Labute approximate surface area is 108 Å². The molecule has 2 aromatic rings. The predicted molar refractivity (Wildman–Crippen MR) is 68.3 cm³/mol. The molecule has 1 aromatic carbocycles. The third-order valence-corrected chi connectivity index (χ3v) is 3.53. The van der Waals surface area contributed by atoms with Crippen LogP contribution in [-0.2, 0) is 0 Å². The number of nitrogen functional groups attached to an aromatic ring is 1. The van der Waals surface area contributed by atoms with Crippen LogP contribution >= 0.6 is 23.2 Å². The molecule has 88 valence electrons. The van der Waals surface area contributed by atoms with Crippen LogP contribution in [0.4, 0.5) is 5.69 Å². The highest BCUT2D eigenvalue weighted by Crippen LogP contribution is 2.46. The largest absolute Gasteiger partial charge is 0.394 e. The van der Waals surface area contributed by atoms with Gasteiger partial charge in [-0.25, -0.2) is 0 Å². The summed E-state index contributed by atoms with van der Waals surface area (Å²) in [5.74, 6) is 1.17. The van der Waals surface area contributed by atoms with Crippen LogP contribution in [-0.4, -0.2) is 5.16 Å². The van der Waals surface area contributed by atoms with Gasteiger partial charge in [-0.3, -0.25) is 0 Å². The van der Waals surface area contributed by atoms with Crippen molar-refractivity contribution < 1.29 is 4.52 Å². The fourth-order valence-corrected chi connectivity index (χ4v) is 2.43. The number of hydrogen-bond donors (Lipinski definition) is 1. The molecule has 1 aliphatic carbocycles. The van der Waals surface area contributed by atoms with Gasteiger partial charge < -0.3 is 10.3 Å². The lowest BCUT2D eigenvalue weighted by atomic mass is 10.1. The zero-order chi connectivity index (χ0) is 12.0. The molecule has 3 nitrogen and oxygen atoms in total. The van der Waals surface area contributed by atoms with Gasteiger partial charge in [0.2, 0.25) is 0 Å². The summed E-state index contributed by atoms with van der Waals surface area (Å²) in [4.78, 5) is 0. The molecule has 17 heavy (non-hydrogen) atoms. The van der Waals surface area contributed by atoms with Gasteiger partial charge in [0, 0.05) is 11.5 Å². The summed E-state index contributed by atoms with van der Waals surface area (Å²) in [5.41, 5.74) is 7.78. The van der Waals surface area contributed by atoms with Gasteiger partial charge in [-0.2, -0.15) is 0 Å². The van der Waals surface area contributed by atoms with Crippen molar-refractivity contribution >= 4 is 28.9 Å². The van der Waals surface area contributed by atoms with E-state index < -0.39 is 0 Å². The first-order valence-electron chi connectivity index (χ1n) is 5.38.